The zero-order valence-corrected chi connectivity index (χ0v) is 11.1. The molecule has 0 unspecified atom stereocenters. The molecule has 0 heterocycles. The van der Waals surface area contributed by atoms with Crippen molar-refractivity contribution in [2.45, 2.75) is 6.42 Å². The predicted octanol–water partition coefficient (Wildman–Crippen LogP) is 1.08. The molecule has 0 aliphatic heterocycles. The lowest BCUT2D eigenvalue weighted by molar-refractivity contribution is 0.0949. The zero-order valence-electron chi connectivity index (χ0n) is 11.1. The highest BCUT2D eigenvalue weighted by Gasteiger charge is 2.11. The molecule has 0 atom stereocenters. The van der Waals surface area contributed by atoms with Gasteiger partial charge in [-0.15, -0.1) is 0 Å². The van der Waals surface area contributed by atoms with Gasteiger partial charge in [0.25, 0.3) is 5.91 Å². The van der Waals surface area contributed by atoms with Gasteiger partial charge in [0.05, 0.1) is 12.7 Å². The number of rotatable bonds is 6. The number of ether oxygens (including phenoxy) is 1. The fraction of sp³-hybridized carbons (Fsp3) is 0.462. The van der Waals surface area contributed by atoms with Crippen molar-refractivity contribution in [1.29, 1.82) is 0 Å². The Bertz CT molecular complexity index is 405. The summed E-state index contributed by atoms with van der Waals surface area (Å²) in [5, 5.41) is 12.4. The summed E-state index contributed by atoms with van der Waals surface area (Å²) in [6.07, 6.45) is 0.865. The molecule has 0 saturated carbocycles. The third-order valence-electron chi connectivity index (χ3n) is 2.52. The molecule has 2 N–H and O–H groups in total. The molecule has 0 aliphatic carbocycles. The number of benzene rings is 1. The van der Waals surface area contributed by atoms with Gasteiger partial charge < -0.3 is 20.1 Å². The van der Waals surface area contributed by atoms with E-state index in [2.05, 4.69) is 10.2 Å². The van der Waals surface area contributed by atoms with Crippen molar-refractivity contribution in [1.82, 2.24) is 10.2 Å². The first kappa shape index (κ1) is 14.3. The largest absolute Gasteiger partial charge is 0.507 e. The van der Waals surface area contributed by atoms with Crippen LogP contribution in [0, 0.1) is 0 Å². The van der Waals surface area contributed by atoms with Gasteiger partial charge in [-0.25, -0.2) is 0 Å². The predicted molar refractivity (Wildman–Crippen MR) is 70.2 cm³/mol. The summed E-state index contributed by atoms with van der Waals surface area (Å²) >= 11 is 0. The van der Waals surface area contributed by atoms with E-state index in [1.165, 1.54) is 19.2 Å². The van der Waals surface area contributed by atoms with Crippen LogP contribution in [0.25, 0.3) is 0 Å². The summed E-state index contributed by atoms with van der Waals surface area (Å²) in [6.45, 7) is 1.48. The van der Waals surface area contributed by atoms with E-state index in [4.69, 9.17) is 4.74 Å². The molecule has 100 valence electrons. The van der Waals surface area contributed by atoms with Gasteiger partial charge in [-0.3, -0.25) is 4.79 Å². The summed E-state index contributed by atoms with van der Waals surface area (Å²) in [6, 6.07) is 4.59. The van der Waals surface area contributed by atoms with Crippen LogP contribution in [0.3, 0.4) is 0 Å². The van der Waals surface area contributed by atoms with E-state index in [1.54, 1.807) is 6.07 Å². The van der Waals surface area contributed by atoms with Gasteiger partial charge in [-0.2, -0.15) is 0 Å². The fourth-order valence-electron chi connectivity index (χ4n) is 1.52. The van der Waals surface area contributed by atoms with Gasteiger partial charge in [0.15, 0.2) is 0 Å². The standard InChI is InChI=1S/C13H20N2O3/c1-15(2)8-4-7-14-13(17)11-9-10(18-3)5-6-12(11)16/h5-6,9,16H,4,7-8H2,1-3H3,(H,14,17). The van der Waals surface area contributed by atoms with Crippen molar-refractivity contribution >= 4 is 5.91 Å². The molecule has 5 heteroatoms. The van der Waals surface area contributed by atoms with Crippen molar-refractivity contribution in [3.63, 3.8) is 0 Å². The summed E-state index contributed by atoms with van der Waals surface area (Å²) in [5.41, 5.74) is 0.235. The first-order chi connectivity index (χ1) is 8.54. The third kappa shape index (κ3) is 4.25. The minimum atomic E-state index is -0.287. The molecule has 0 fully saturated rings. The molecule has 1 aromatic carbocycles. The molecule has 0 saturated heterocycles. The van der Waals surface area contributed by atoms with E-state index in [0.29, 0.717) is 12.3 Å². The molecule has 0 radical (unpaired) electrons. The second kappa shape index (κ2) is 6.86. The number of amides is 1. The van der Waals surface area contributed by atoms with E-state index in [1.807, 2.05) is 14.1 Å². The summed E-state index contributed by atoms with van der Waals surface area (Å²) in [7, 11) is 5.48. The van der Waals surface area contributed by atoms with Crippen LogP contribution >= 0.6 is 0 Å². The lowest BCUT2D eigenvalue weighted by atomic mass is 10.1. The Kier molecular flexibility index (Phi) is 5.45. The van der Waals surface area contributed by atoms with Crippen LogP contribution in [0.2, 0.25) is 0 Å². The maximum Gasteiger partial charge on any atom is 0.255 e. The molecule has 0 aromatic heterocycles. The van der Waals surface area contributed by atoms with Gasteiger partial charge >= 0.3 is 0 Å². The van der Waals surface area contributed by atoms with Crippen LogP contribution in [0.1, 0.15) is 16.8 Å². The van der Waals surface area contributed by atoms with Crippen LogP contribution < -0.4 is 10.1 Å². The average molecular weight is 252 g/mol. The summed E-state index contributed by atoms with van der Waals surface area (Å²) in [5.74, 6) is 0.220. The number of nitrogens with one attached hydrogen (secondary N) is 1. The Morgan fingerprint density at radius 2 is 2.17 bits per heavy atom. The van der Waals surface area contributed by atoms with E-state index < -0.39 is 0 Å². The number of hydrogen-bond acceptors (Lipinski definition) is 4. The van der Waals surface area contributed by atoms with Crippen molar-refractivity contribution < 1.29 is 14.6 Å². The highest BCUT2D eigenvalue weighted by molar-refractivity contribution is 5.97. The van der Waals surface area contributed by atoms with Crippen molar-refractivity contribution in [3.05, 3.63) is 23.8 Å². The number of hydrogen-bond donors (Lipinski definition) is 2. The molecule has 1 aromatic rings. The molecule has 5 nitrogen and oxygen atoms in total. The number of nitrogens with zero attached hydrogens (tertiary/aromatic N) is 1. The molecular weight excluding hydrogens is 232 g/mol. The number of phenolic OH excluding ortho intramolecular Hbond substituents is 1. The van der Waals surface area contributed by atoms with Gasteiger partial charge in [0, 0.05) is 6.54 Å². The van der Waals surface area contributed by atoms with E-state index in [0.717, 1.165) is 13.0 Å². The molecule has 1 amide bonds. The minimum absolute atomic E-state index is 0.0408. The lowest BCUT2D eigenvalue weighted by Gasteiger charge is -2.11. The van der Waals surface area contributed by atoms with Crippen LogP contribution in [0.4, 0.5) is 0 Å². The Morgan fingerprint density at radius 1 is 1.44 bits per heavy atom. The van der Waals surface area contributed by atoms with Crippen LogP contribution in [-0.4, -0.2) is 50.2 Å². The first-order valence-electron chi connectivity index (χ1n) is 5.84. The van der Waals surface area contributed by atoms with Crippen molar-refractivity contribution in [3.8, 4) is 11.5 Å². The SMILES string of the molecule is COc1ccc(O)c(C(=O)NCCCN(C)C)c1. The number of carbonyl (C=O) groups is 1. The van der Waals surface area contributed by atoms with Crippen molar-refractivity contribution in [2.75, 3.05) is 34.3 Å². The second-order valence-electron chi connectivity index (χ2n) is 4.30. The second-order valence-corrected chi connectivity index (χ2v) is 4.30. The van der Waals surface area contributed by atoms with Gasteiger partial charge in [-0.1, -0.05) is 0 Å². The third-order valence-corrected chi connectivity index (χ3v) is 2.52. The van der Waals surface area contributed by atoms with E-state index >= 15 is 0 Å². The number of phenols is 1. The van der Waals surface area contributed by atoms with Crippen molar-refractivity contribution in [2.24, 2.45) is 0 Å². The Labute approximate surface area is 107 Å². The number of methoxy groups -OCH3 is 1. The molecule has 0 spiro atoms. The van der Waals surface area contributed by atoms with E-state index in [9.17, 15) is 9.90 Å². The van der Waals surface area contributed by atoms with Crippen LogP contribution in [-0.2, 0) is 0 Å². The average Bonchev–Trinajstić information content (AvgIpc) is 2.34. The Morgan fingerprint density at radius 3 is 2.78 bits per heavy atom. The highest BCUT2D eigenvalue weighted by Crippen LogP contribution is 2.22. The highest BCUT2D eigenvalue weighted by atomic mass is 16.5. The zero-order chi connectivity index (χ0) is 13.5. The van der Waals surface area contributed by atoms with Crippen LogP contribution in [0.15, 0.2) is 18.2 Å². The van der Waals surface area contributed by atoms with Gasteiger partial charge in [0.1, 0.15) is 11.5 Å². The maximum absolute atomic E-state index is 11.8. The molecule has 1 rings (SSSR count). The number of aromatic hydroxyl groups is 1. The normalized spacial score (nSPS) is 10.4. The molecule has 0 aliphatic rings. The Hall–Kier alpha value is -1.75. The lowest BCUT2D eigenvalue weighted by Crippen LogP contribution is -2.27. The molecule has 18 heavy (non-hydrogen) atoms. The Balaban J connectivity index is 2.55. The molecule has 0 bridgehead atoms. The number of carbonyl (C=O) groups excluding carboxylic acids is 1. The quantitative estimate of drug-likeness (QED) is 0.744. The molecular formula is C13H20N2O3. The van der Waals surface area contributed by atoms with E-state index in [-0.39, 0.29) is 17.2 Å². The van der Waals surface area contributed by atoms with Gasteiger partial charge in [0.2, 0.25) is 0 Å². The smallest absolute Gasteiger partial charge is 0.255 e. The summed E-state index contributed by atoms with van der Waals surface area (Å²) in [4.78, 5) is 13.9. The summed E-state index contributed by atoms with van der Waals surface area (Å²) < 4.78 is 5.02. The van der Waals surface area contributed by atoms with Crippen LogP contribution in [0.5, 0.6) is 11.5 Å². The van der Waals surface area contributed by atoms with Gasteiger partial charge in [-0.05, 0) is 45.3 Å². The maximum atomic E-state index is 11.8. The monoisotopic (exact) mass is 252 g/mol. The fourth-order valence-corrected chi connectivity index (χ4v) is 1.52. The first-order valence-corrected chi connectivity index (χ1v) is 5.84. The topological polar surface area (TPSA) is 61.8 Å². The minimum Gasteiger partial charge on any atom is -0.507 e.